The summed E-state index contributed by atoms with van der Waals surface area (Å²) in [4.78, 5) is 17.9. The molecule has 5 nitrogen and oxygen atoms in total. The molecule has 3 aromatic carbocycles. The highest BCUT2D eigenvalue weighted by Gasteiger charge is 2.21. The summed E-state index contributed by atoms with van der Waals surface area (Å²) in [5.41, 5.74) is 3.47. The fourth-order valence-corrected chi connectivity index (χ4v) is 3.95. The molecule has 1 heterocycles. The molecular formula is C26H29FN4O. The molecule has 4 rings (SSSR count). The van der Waals surface area contributed by atoms with E-state index in [2.05, 4.69) is 39.5 Å². The van der Waals surface area contributed by atoms with Gasteiger partial charge in [0, 0.05) is 43.2 Å². The van der Waals surface area contributed by atoms with Crippen LogP contribution in [0.15, 0.2) is 78.9 Å². The Balaban J connectivity index is 1.47. The predicted octanol–water partition coefficient (Wildman–Crippen LogP) is 4.76. The van der Waals surface area contributed by atoms with Gasteiger partial charge in [0.15, 0.2) is 0 Å². The van der Waals surface area contributed by atoms with Crippen molar-refractivity contribution in [3.8, 4) is 0 Å². The lowest BCUT2D eigenvalue weighted by Gasteiger charge is -2.35. The second kappa shape index (κ2) is 10.3. The summed E-state index contributed by atoms with van der Waals surface area (Å²) in [7, 11) is 0. The molecule has 166 valence electrons. The van der Waals surface area contributed by atoms with Crippen LogP contribution in [-0.4, -0.2) is 43.5 Å². The van der Waals surface area contributed by atoms with Crippen molar-refractivity contribution >= 4 is 23.0 Å². The van der Waals surface area contributed by atoms with Crippen LogP contribution in [0.4, 0.5) is 21.5 Å². The maximum atomic E-state index is 13.2. The Bertz CT molecular complexity index is 1000. The van der Waals surface area contributed by atoms with Gasteiger partial charge < -0.3 is 20.4 Å². The molecule has 1 aliphatic heterocycles. The Morgan fingerprint density at radius 2 is 1.50 bits per heavy atom. The molecule has 6 heteroatoms. The van der Waals surface area contributed by atoms with Crippen LogP contribution < -0.4 is 15.5 Å². The molecule has 3 aromatic rings. The van der Waals surface area contributed by atoms with Crippen LogP contribution in [0.1, 0.15) is 18.5 Å². The molecule has 32 heavy (non-hydrogen) atoms. The van der Waals surface area contributed by atoms with Crippen LogP contribution in [-0.2, 0) is 4.79 Å². The van der Waals surface area contributed by atoms with E-state index >= 15 is 0 Å². The summed E-state index contributed by atoms with van der Waals surface area (Å²) in [6.45, 7) is 7.50. The normalized spacial score (nSPS) is 15.2. The minimum atomic E-state index is -0.583. The third kappa shape index (κ3) is 5.45. The molecule has 1 amide bonds. The maximum Gasteiger partial charge on any atom is 0.251 e. The van der Waals surface area contributed by atoms with E-state index < -0.39 is 6.04 Å². The zero-order valence-electron chi connectivity index (χ0n) is 18.3. The van der Waals surface area contributed by atoms with Gasteiger partial charge in [0.2, 0.25) is 0 Å². The summed E-state index contributed by atoms with van der Waals surface area (Å²) in [5.74, 6) is -0.542. The number of anilines is 3. The van der Waals surface area contributed by atoms with Gasteiger partial charge in [-0.1, -0.05) is 37.3 Å². The number of likely N-dealkylation sites (N-methyl/N-ethyl adjacent to an activating group) is 1. The number of nitrogens with one attached hydrogen (secondary N) is 2. The van der Waals surface area contributed by atoms with Crippen molar-refractivity contribution in [3.05, 3.63) is 90.2 Å². The van der Waals surface area contributed by atoms with Crippen LogP contribution in [0.25, 0.3) is 0 Å². The van der Waals surface area contributed by atoms with Crippen LogP contribution >= 0.6 is 0 Å². The molecule has 0 saturated carbocycles. The molecule has 0 unspecified atom stereocenters. The lowest BCUT2D eigenvalue weighted by atomic mass is 10.1. The average molecular weight is 433 g/mol. The maximum absolute atomic E-state index is 13.2. The minimum Gasteiger partial charge on any atom is -0.370 e. The lowest BCUT2D eigenvalue weighted by molar-refractivity contribution is -0.117. The topological polar surface area (TPSA) is 47.6 Å². The number of hydrogen-bond donors (Lipinski definition) is 2. The molecule has 1 atom stereocenters. The number of piperazine rings is 1. The number of carbonyl (C=O) groups is 1. The van der Waals surface area contributed by atoms with Gasteiger partial charge in [0.1, 0.15) is 11.9 Å². The Morgan fingerprint density at radius 3 is 2.12 bits per heavy atom. The third-order valence-electron chi connectivity index (χ3n) is 5.87. The summed E-state index contributed by atoms with van der Waals surface area (Å²) < 4.78 is 13.2. The van der Waals surface area contributed by atoms with E-state index in [1.807, 2.05) is 42.5 Å². The highest BCUT2D eigenvalue weighted by molar-refractivity contribution is 5.97. The van der Waals surface area contributed by atoms with Crippen molar-refractivity contribution < 1.29 is 9.18 Å². The molecule has 0 spiro atoms. The van der Waals surface area contributed by atoms with Crippen LogP contribution in [0.3, 0.4) is 0 Å². The van der Waals surface area contributed by atoms with Crippen molar-refractivity contribution in [2.75, 3.05) is 48.3 Å². The van der Waals surface area contributed by atoms with Gasteiger partial charge in [0.25, 0.3) is 5.91 Å². The van der Waals surface area contributed by atoms with Crippen LogP contribution in [0.2, 0.25) is 0 Å². The summed E-state index contributed by atoms with van der Waals surface area (Å²) in [6, 6.07) is 23.0. The van der Waals surface area contributed by atoms with Crippen LogP contribution in [0.5, 0.6) is 0 Å². The largest absolute Gasteiger partial charge is 0.370 e. The number of benzene rings is 3. The lowest BCUT2D eigenvalue weighted by Crippen LogP contribution is -2.46. The number of carbonyl (C=O) groups excluding carboxylic acids is 1. The predicted molar refractivity (Wildman–Crippen MR) is 129 cm³/mol. The molecule has 0 bridgehead atoms. The van der Waals surface area contributed by atoms with E-state index in [4.69, 9.17) is 0 Å². The van der Waals surface area contributed by atoms with Gasteiger partial charge in [-0.2, -0.15) is 0 Å². The molecule has 0 aliphatic carbocycles. The monoisotopic (exact) mass is 432 g/mol. The number of hydrogen-bond acceptors (Lipinski definition) is 4. The smallest absolute Gasteiger partial charge is 0.251 e. The minimum absolute atomic E-state index is 0.206. The van der Waals surface area contributed by atoms with Gasteiger partial charge in [0.05, 0.1) is 0 Å². The van der Waals surface area contributed by atoms with E-state index in [0.29, 0.717) is 5.69 Å². The third-order valence-corrected chi connectivity index (χ3v) is 5.87. The first-order valence-electron chi connectivity index (χ1n) is 11.1. The first-order chi connectivity index (χ1) is 15.6. The zero-order chi connectivity index (χ0) is 22.3. The fraction of sp³-hybridized carbons (Fsp3) is 0.269. The first kappa shape index (κ1) is 21.8. The van der Waals surface area contributed by atoms with E-state index in [-0.39, 0.29) is 11.7 Å². The zero-order valence-corrected chi connectivity index (χ0v) is 18.3. The molecule has 1 fully saturated rings. The van der Waals surface area contributed by atoms with Crippen molar-refractivity contribution in [3.63, 3.8) is 0 Å². The Labute approximate surface area is 188 Å². The van der Waals surface area contributed by atoms with E-state index in [1.165, 1.54) is 17.8 Å². The summed E-state index contributed by atoms with van der Waals surface area (Å²) in [6.07, 6.45) is 0. The van der Waals surface area contributed by atoms with E-state index in [1.54, 1.807) is 12.1 Å². The Kier molecular flexibility index (Phi) is 7.02. The van der Waals surface area contributed by atoms with Crippen molar-refractivity contribution in [1.82, 2.24) is 4.90 Å². The molecular weight excluding hydrogens is 403 g/mol. The SMILES string of the molecule is CCN1CCN(c2ccc(N[C@H](C(=O)Nc3ccc(F)cc3)c3ccccc3)cc2)CC1. The van der Waals surface area contributed by atoms with Crippen molar-refractivity contribution in [2.45, 2.75) is 13.0 Å². The quantitative estimate of drug-likeness (QED) is 0.565. The van der Waals surface area contributed by atoms with Gasteiger partial charge in [-0.25, -0.2) is 4.39 Å². The standard InChI is InChI=1S/C26H29FN4O/c1-2-30-16-18-31(19-17-30)24-14-12-22(13-15-24)28-25(20-6-4-3-5-7-20)26(32)29-23-10-8-21(27)9-11-23/h3-15,25,28H,2,16-19H2,1H3,(H,29,32)/t25-/m0/s1. The molecule has 1 saturated heterocycles. The van der Waals surface area contributed by atoms with Gasteiger partial charge in [-0.3, -0.25) is 4.79 Å². The van der Waals surface area contributed by atoms with E-state index in [0.717, 1.165) is 44.0 Å². The van der Waals surface area contributed by atoms with E-state index in [9.17, 15) is 9.18 Å². The molecule has 2 N–H and O–H groups in total. The van der Waals surface area contributed by atoms with Gasteiger partial charge in [-0.15, -0.1) is 0 Å². The number of nitrogens with zero attached hydrogens (tertiary/aromatic N) is 2. The highest BCUT2D eigenvalue weighted by Crippen LogP contribution is 2.25. The van der Waals surface area contributed by atoms with Crippen LogP contribution in [0, 0.1) is 5.82 Å². The number of rotatable bonds is 7. The molecule has 1 aliphatic rings. The highest BCUT2D eigenvalue weighted by atomic mass is 19.1. The van der Waals surface area contributed by atoms with Gasteiger partial charge in [-0.05, 0) is 60.6 Å². The second-order valence-electron chi connectivity index (χ2n) is 7.95. The molecule has 0 aromatic heterocycles. The molecule has 0 radical (unpaired) electrons. The summed E-state index contributed by atoms with van der Waals surface area (Å²) >= 11 is 0. The fourth-order valence-electron chi connectivity index (χ4n) is 3.95. The Morgan fingerprint density at radius 1 is 0.875 bits per heavy atom. The van der Waals surface area contributed by atoms with Crippen molar-refractivity contribution in [1.29, 1.82) is 0 Å². The average Bonchev–Trinajstić information content (AvgIpc) is 2.85. The van der Waals surface area contributed by atoms with Crippen molar-refractivity contribution in [2.24, 2.45) is 0 Å². The number of halogens is 1. The number of amides is 1. The second-order valence-corrected chi connectivity index (χ2v) is 7.95. The van der Waals surface area contributed by atoms with Gasteiger partial charge >= 0.3 is 0 Å². The summed E-state index contributed by atoms with van der Waals surface area (Å²) in [5, 5.41) is 6.24. The first-order valence-corrected chi connectivity index (χ1v) is 11.1. The Hall–Kier alpha value is -3.38.